The number of hydrogen-bond donors (Lipinski definition) is 0. The molecule has 0 bridgehead atoms. The lowest BCUT2D eigenvalue weighted by atomic mass is 10.1. The highest BCUT2D eigenvalue weighted by Crippen LogP contribution is 2.12. The van der Waals surface area contributed by atoms with Gasteiger partial charge in [-0.1, -0.05) is 235 Å². The van der Waals surface area contributed by atoms with Crippen molar-refractivity contribution >= 4 is 17.9 Å². The topological polar surface area (TPSA) is 78.9 Å². The van der Waals surface area contributed by atoms with Crippen molar-refractivity contribution in [1.82, 2.24) is 0 Å². The zero-order valence-electron chi connectivity index (χ0n) is 48.9. The normalized spacial score (nSPS) is 13.4. The van der Waals surface area contributed by atoms with Crippen LogP contribution in [0.1, 0.15) is 226 Å². The summed E-state index contributed by atoms with van der Waals surface area (Å²) >= 11 is 0. The van der Waals surface area contributed by atoms with Crippen molar-refractivity contribution in [2.45, 2.75) is 232 Å². The van der Waals surface area contributed by atoms with Crippen molar-refractivity contribution in [1.29, 1.82) is 0 Å². The summed E-state index contributed by atoms with van der Waals surface area (Å²) in [6.07, 6.45) is 94.6. The zero-order chi connectivity index (χ0) is 55.7. The van der Waals surface area contributed by atoms with Gasteiger partial charge in [0.05, 0.1) is 0 Å². The fourth-order valence-corrected chi connectivity index (χ4v) is 7.40. The Hall–Kier alpha value is -5.49. The highest BCUT2D eigenvalue weighted by atomic mass is 16.6. The monoisotopic (exact) mass is 1060 g/mol. The van der Waals surface area contributed by atoms with Gasteiger partial charge in [0.1, 0.15) is 13.2 Å². The van der Waals surface area contributed by atoms with E-state index < -0.39 is 6.10 Å². The summed E-state index contributed by atoms with van der Waals surface area (Å²) in [4.78, 5) is 38.2. The molecule has 6 nitrogen and oxygen atoms in total. The zero-order valence-corrected chi connectivity index (χ0v) is 48.9. The third-order valence-corrected chi connectivity index (χ3v) is 11.9. The van der Waals surface area contributed by atoms with Gasteiger partial charge in [-0.05, 0) is 154 Å². The molecule has 0 heterocycles. The van der Waals surface area contributed by atoms with Crippen LogP contribution in [0.3, 0.4) is 0 Å². The van der Waals surface area contributed by atoms with Gasteiger partial charge in [0.2, 0.25) is 0 Å². The lowest BCUT2D eigenvalue weighted by Gasteiger charge is -2.18. The second-order valence-electron chi connectivity index (χ2n) is 19.1. The van der Waals surface area contributed by atoms with Crippen molar-refractivity contribution in [2.24, 2.45) is 0 Å². The van der Waals surface area contributed by atoms with Crippen LogP contribution < -0.4 is 0 Å². The van der Waals surface area contributed by atoms with E-state index in [1.165, 1.54) is 6.42 Å². The van der Waals surface area contributed by atoms with E-state index in [4.69, 9.17) is 14.2 Å². The lowest BCUT2D eigenvalue weighted by Crippen LogP contribution is -2.30. The molecule has 0 aromatic carbocycles. The second-order valence-corrected chi connectivity index (χ2v) is 19.1. The van der Waals surface area contributed by atoms with Crippen molar-refractivity contribution in [3.8, 4) is 0 Å². The molecule has 77 heavy (non-hydrogen) atoms. The quantitative estimate of drug-likeness (QED) is 0.0261. The van der Waals surface area contributed by atoms with Crippen LogP contribution in [-0.4, -0.2) is 37.2 Å². The molecule has 0 aliphatic rings. The van der Waals surface area contributed by atoms with E-state index in [2.05, 4.69) is 203 Å². The Labute approximate surface area is 472 Å². The van der Waals surface area contributed by atoms with Gasteiger partial charge in [-0.15, -0.1) is 0 Å². The van der Waals surface area contributed by atoms with Gasteiger partial charge in [-0.3, -0.25) is 14.4 Å². The minimum Gasteiger partial charge on any atom is -0.462 e. The Morgan fingerprint density at radius 3 is 0.831 bits per heavy atom. The van der Waals surface area contributed by atoms with E-state index in [0.29, 0.717) is 19.3 Å². The largest absolute Gasteiger partial charge is 0.462 e. The van der Waals surface area contributed by atoms with Crippen LogP contribution in [0.4, 0.5) is 0 Å². The van der Waals surface area contributed by atoms with Gasteiger partial charge in [0, 0.05) is 19.3 Å². The Balaban J connectivity index is 4.56. The molecule has 0 fully saturated rings. The van der Waals surface area contributed by atoms with E-state index in [1.54, 1.807) is 0 Å². The Bertz CT molecular complexity index is 1840. The number of esters is 3. The molecule has 0 saturated carbocycles. The maximum absolute atomic E-state index is 12.9. The third kappa shape index (κ3) is 61.2. The van der Waals surface area contributed by atoms with Crippen LogP contribution in [0.5, 0.6) is 0 Å². The molecule has 0 aliphatic carbocycles. The van der Waals surface area contributed by atoms with Gasteiger partial charge in [0.15, 0.2) is 6.10 Å². The first-order valence-corrected chi connectivity index (χ1v) is 30.3. The van der Waals surface area contributed by atoms with Crippen LogP contribution in [0, 0.1) is 0 Å². The number of carbonyl (C=O) groups excluding carboxylic acids is 3. The Kier molecular flexibility index (Phi) is 58.6. The molecule has 0 radical (unpaired) electrons. The Morgan fingerprint density at radius 2 is 0.506 bits per heavy atom. The first-order chi connectivity index (χ1) is 38.0. The number of carbonyl (C=O) groups is 3. The molecule has 428 valence electrons. The van der Waals surface area contributed by atoms with Crippen molar-refractivity contribution in [3.05, 3.63) is 182 Å². The first-order valence-electron chi connectivity index (χ1n) is 30.3. The third-order valence-electron chi connectivity index (χ3n) is 11.9. The molecule has 0 saturated heterocycles. The minimum atomic E-state index is -0.833. The molecule has 6 heteroatoms. The van der Waals surface area contributed by atoms with Gasteiger partial charge >= 0.3 is 17.9 Å². The summed E-state index contributed by atoms with van der Waals surface area (Å²) in [6.45, 7) is 6.25. The molecule has 0 aromatic heterocycles. The standard InChI is InChI=1S/C71H108O6/c1-4-7-10-13-16-19-22-25-27-29-31-33-34-35-36-38-39-41-43-46-49-52-55-58-61-64-70(73)76-67-68(66-75-69(72)63-60-57-54-51-48-45-24-21-18-15-12-9-6-3)77-71(74)65-62-59-56-53-50-47-44-42-40-37-32-30-28-26-23-20-17-14-11-8-5-2/h7-8,10-12,15-17,19-21,24-28,31-33,35-37,39,41-42,44,46,49-50,53,68H,4-6,9,13-14,18,22-23,29-30,34,38,40,43,45,47-48,51-52,54-67H2,1-3H3/b10-7-,11-8-,15-12-,19-16-,20-17-,24-21-,27-25-,28-26-,33-31-,36-35-,37-32-,41-39-,44-42-,49-46-,53-50-. The van der Waals surface area contributed by atoms with Crippen LogP contribution in [0.15, 0.2) is 182 Å². The Morgan fingerprint density at radius 1 is 0.273 bits per heavy atom. The highest BCUT2D eigenvalue weighted by Gasteiger charge is 2.19. The summed E-state index contributed by atoms with van der Waals surface area (Å²) < 4.78 is 16.8. The highest BCUT2D eigenvalue weighted by molar-refractivity contribution is 5.71. The van der Waals surface area contributed by atoms with E-state index in [1.807, 2.05) is 0 Å². The number of allylic oxidation sites excluding steroid dienone is 30. The smallest absolute Gasteiger partial charge is 0.306 e. The van der Waals surface area contributed by atoms with E-state index >= 15 is 0 Å². The number of hydrogen-bond acceptors (Lipinski definition) is 6. The first kappa shape index (κ1) is 71.5. The fraction of sp³-hybridized carbons (Fsp3) is 0.535. The number of rotatable bonds is 52. The summed E-state index contributed by atoms with van der Waals surface area (Å²) in [5, 5.41) is 0. The van der Waals surface area contributed by atoms with Crippen molar-refractivity contribution in [2.75, 3.05) is 13.2 Å². The van der Waals surface area contributed by atoms with Crippen LogP contribution >= 0.6 is 0 Å². The minimum absolute atomic E-state index is 0.124. The van der Waals surface area contributed by atoms with E-state index in [0.717, 1.165) is 173 Å². The predicted octanol–water partition coefficient (Wildman–Crippen LogP) is 20.9. The summed E-state index contributed by atoms with van der Waals surface area (Å²) in [5.74, 6) is -1.03. The van der Waals surface area contributed by atoms with Gasteiger partial charge in [0.25, 0.3) is 0 Å². The summed E-state index contributed by atoms with van der Waals surface area (Å²) in [6, 6.07) is 0. The molecule has 0 amide bonds. The SMILES string of the molecule is CC/C=C\C/C=C\C/C=C\C/C=C\C/C=C\C/C=C\C/C=C\CCCCCC(=O)OCC(COC(=O)CCCCCCC/C=C\C/C=C\CCC)OC(=O)CCCC/C=C\C/C=C\C/C=C\C/C=C\C/C=C\C/C=C\CC. The summed E-state index contributed by atoms with van der Waals surface area (Å²) in [5.41, 5.74) is 0. The molecule has 1 atom stereocenters. The molecular formula is C71H108O6. The van der Waals surface area contributed by atoms with Crippen molar-refractivity contribution in [3.63, 3.8) is 0 Å². The van der Waals surface area contributed by atoms with Crippen molar-refractivity contribution < 1.29 is 28.6 Å². The van der Waals surface area contributed by atoms with Gasteiger partial charge in [-0.2, -0.15) is 0 Å². The molecule has 0 rings (SSSR count). The maximum Gasteiger partial charge on any atom is 0.306 e. The van der Waals surface area contributed by atoms with Crippen LogP contribution in [0.2, 0.25) is 0 Å². The number of unbranched alkanes of at least 4 members (excludes halogenated alkanes) is 11. The second kappa shape index (κ2) is 63.0. The summed E-state index contributed by atoms with van der Waals surface area (Å²) in [7, 11) is 0. The molecule has 0 N–H and O–H groups in total. The van der Waals surface area contributed by atoms with Gasteiger partial charge < -0.3 is 14.2 Å². The average Bonchev–Trinajstić information content (AvgIpc) is 3.43. The predicted molar refractivity (Wildman–Crippen MR) is 334 cm³/mol. The molecule has 0 aromatic rings. The van der Waals surface area contributed by atoms with Gasteiger partial charge in [-0.25, -0.2) is 0 Å². The number of ether oxygens (including phenoxy) is 3. The fourth-order valence-electron chi connectivity index (χ4n) is 7.40. The molecular weight excluding hydrogens is 949 g/mol. The average molecular weight is 1060 g/mol. The lowest BCUT2D eigenvalue weighted by molar-refractivity contribution is -0.167. The molecule has 0 aliphatic heterocycles. The molecule has 1 unspecified atom stereocenters. The molecule has 0 spiro atoms. The van der Waals surface area contributed by atoms with Crippen LogP contribution in [-0.2, 0) is 28.6 Å². The van der Waals surface area contributed by atoms with E-state index in [-0.39, 0.29) is 37.5 Å². The van der Waals surface area contributed by atoms with E-state index in [9.17, 15) is 14.4 Å². The maximum atomic E-state index is 12.9. The van der Waals surface area contributed by atoms with Crippen LogP contribution in [0.25, 0.3) is 0 Å².